The van der Waals surface area contributed by atoms with Crippen molar-refractivity contribution in [2.24, 2.45) is 0 Å². The first-order valence-electron chi connectivity index (χ1n) is 7.69. The number of fused-ring (bicyclic) bond motifs is 1. The van der Waals surface area contributed by atoms with Gasteiger partial charge in [-0.15, -0.1) is 0 Å². The van der Waals surface area contributed by atoms with Gasteiger partial charge in [-0.1, -0.05) is 42.6 Å². The lowest BCUT2D eigenvalue weighted by Gasteiger charge is -2.16. The molecule has 0 radical (unpaired) electrons. The largest absolute Gasteiger partial charge is 0.382 e. The number of imide groups is 1. The van der Waals surface area contributed by atoms with E-state index in [0.29, 0.717) is 24.2 Å². The maximum atomic E-state index is 12.3. The molecule has 0 spiro atoms. The lowest BCUT2D eigenvalue weighted by atomic mass is 10.1. The van der Waals surface area contributed by atoms with Gasteiger partial charge in [0.2, 0.25) is 0 Å². The molecule has 0 bridgehead atoms. The highest BCUT2D eigenvalue weighted by atomic mass is 32.2. The molecule has 1 aliphatic heterocycles. The van der Waals surface area contributed by atoms with E-state index >= 15 is 0 Å². The predicted molar refractivity (Wildman–Crippen MR) is 97.4 cm³/mol. The summed E-state index contributed by atoms with van der Waals surface area (Å²) in [5.74, 6) is -0.441. The van der Waals surface area contributed by atoms with Gasteiger partial charge in [-0.25, -0.2) is 0 Å². The Morgan fingerprint density at radius 3 is 2.25 bits per heavy atom. The Morgan fingerprint density at radius 2 is 1.62 bits per heavy atom. The zero-order valence-electron chi connectivity index (χ0n) is 13.4. The number of para-hydroxylation sites is 1. The van der Waals surface area contributed by atoms with Crippen LogP contribution in [0.1, 0.15) is 27.6 Å². The van der Waals surface area contributed by atoms with Crippen LogP contribution in [0.5, 0.6) is 0 Å². The molecular formula is C19H18N2O2S. The molecule has 5 heteroatoms. The third-order valence-corrected chi connectivity index (χ3v) is 4.62. The molecule has 0 atom stereocenters. The number of benzene rings is 2. The van der Waals surface area contributed by atoms with Crippen LogP contribution in [0.2, 0.25) is 0 Å². The lowest BCUT2D eigenvalue weighted by molar-refractivity contribution is 0.0660. The first-order valence-corrected chi connectivity index (χ1v) is 8.51. The fourth-order valence-corrected chi connectivity index (χ4v) is 3.41. The van der Waals surface area contributed by atoms with Crippen LogP contribution in [-0.4, -0.2) is 29.8 Å². The Balaban J connectivity index is 1.65. The topological polar surface area (TPSA) is 49.4 Å². The maximum Gasteiger partial charge on any atom is 0.261 e. The first kappa shape index (κ1) is 16.3. The molecule has 1 heterocycles. The smallest absolute Gasteiger partial charge is 0.261 e. The zero-order valence-corrected chi connectivity index (χ0v) is 14.2. The van der Waals surface area contributed by atoms with Gasteiger partial charge in [0.1, 0.15) is 0 Å². The maximum absolute atomic E-state index is 12.3. The van der Waals surface area contributed by atoms with Crippen molar-refractivity contribution in [3.05, 3.63) is 71.1 Å². The standard InChI is InChI=1S/C19H18N2O2S/c1-13(2)24-17-10-6-5-9-16(17)20-11-12-21-18(22)14-7-3-4-8-15(14)19(21)23/h3-10,20H,1,11-12H2,2H3. The first-order chi connectivity index (χ1) is 11.6. The molecule has 3 rings (SSSR count). The van der Waals surface area contributed by atoms with E-state index in [1.54, 1.807) is 36.0 Å². The molecule has 122 valence electrons. The number of carbonyl (C=O) groups is 2. The number of nitrogens with one attached hydrogen (secondary N) is 1. The molecule has 0 aliphatic carbocycles. The summed E-state index contributed by atoms with van der Waals surface area (Å²) in [5.41, 5.74) is 1.95. The lowest BCUT2D eigenvalue weighted by Crippen LogP contribution is -2.34. The van der Waals surface area contributed by atoms with Gasteiger partial charge in [0, 0.05) is 23.7 Å². The number of thioether (sulfide) groups is 1. The van der Waals surface area contributed by atoms with E-state index in [0.717, 1.165) is 15.5 Å². The van der Waals surface area contributed by atoms with Crippen molar-refractivity contribution in [2.45, 2.75) is 11.8 Å². The fraction of sp³-hybridized carbons (Fsp3) is 0.158. The molecule has 24 heavy (non-hydrogen) atoms. The van der Waals surface area contributed by atoms with Crippen molar-refractivity contribution >= 4 is 29.3 Å². The minimum Gasteiger partial charge on any atom is -0.382 e. The van der Waals surface area contributed by atoms with Crippen LogP contribution in [0, 0.1) is 0 Å². The van der Waals surface area contributed by atoms with Crippen molar-refractivity contribution in [1.82, 2.24) is 4.90 Å². The number of nitrogens with zero attached hydrogens (tertiary/aromatic N) is 1. The molecule has 0 unspecified atom stereocenters. The van der Waals surface area contributed by atoms with Gasteiger partial charge >= 0.3 is 0 Å². The highest BCUT2D eigenvalue weighted by Crippen LogP contribution is 2.31. The third kappa shape index (κ3) is 3.21. The average molecular weight is 338 g/mol. The van der Waals surface area contributed by atoms with Gasteiger partial charge in [0.05, 0.1) is 11.1 Å². The van der Waals surface area contributed by atoms with E-state index in [-0.39, 0.29) is 11.8 Å². The van der Waals surface area contributed by atoms with Crippen LogP contribution in [0.4, 0.5) is 5.69 Å². The monoisotopic (exact) mass is 338 g/mol. The van der Waals surface area contributed by atoms with Crippen molar-refractivity contribution in [2.75, 3.05) is 18.4 Å². The molecule has 0 saturated carbocycles. The summed E-state index contributed by atoms with van der Waals surface area (Å²) in [6.07, 6.45) is 0. The summed E-state index contributed by atoms with van der Waals surface area (Å²) in [5, 5.41) is 3.31. The van der Waals surface area contributed by atoms with E-state index in [2.05, 4.69) is 11.9 Å². The third-order valence-electron chi connectivity index (χ3n) is 3.70. The molecular weight excluding hydrogens is 320 g/mol. The number of hydrogen-bond acceptors (Lipinski definition) is 4. The van der Waals surface area contributed by atoms with Crippen molar-refractivity contribution in [3.63, 3.8) is 0 Å². The van der Waals surface area contributed by atoms with Crippen LogP contribution in [0.3, 0.4) is 0 Å². The number of hydrogen-bond donors (Lipinski definition) is 1. The number of carbonyl (C=O) groups excluding carboxylic acids is 2. The van der Waals surface area contributed by atoms with Gasteiger partial charge in [-0.2, -0.15) is 0 Å². The summed E-state index contributed by atoms with van der Waals surface area (Å²) in [6.45, 7) is 6.70. The highest BCUT2D eigenvalue weighted by molar-refractivity contribution is 8.03. The SMILES string of the molecule is C=C(C)Sc1ccccc1NCCN1C(=O)c2ccccc2C1=O. The Morgan fingerprint density at radius 1 is 1.04 bits per heavy atom. The van der Waals surface area contributed by atoms with Crippen LogP contribution < -0.4 is 5.32 Å². The summed E-state index contributed by atoms with van der Waals surface area (Å²) < 4.78 is 0. The number of amides is 2. The molecule has 2 aromatic rings. The molecule has 2 aromatic carbocycles. The van der Waals surface area contributed by atoms with Crippen LogP contribution in [0.15, 0.2) is 64.9 Å². The van der Waals surface area contributed by atoms with Gasteiger partial charge in [0.15, 0.2) is 0 Å². The molecule has 0 aromatic heterocycles. The van der Waals surface area contributed by atoms with Crippen LogP contribution >= 0.6 is 11.8 Å². The quantitative estimate of drug-likeness (QED) is 0.638. The van der Waals surface area contributed by atoms with Crippen molar-refractivity contribution in [3.8, 4) is 0 Å². The molecule has 1 N–H and O–H groups in total. The van der Waals surface area contributed by atoms with Crippen LogP contribution in [0.25, 0.3) is 0 Å². The summed E-state index contributed by atoms with van der Waals surface area (Å²) >= 11 is 1.59. The Labute approximate surface area is 145 Å². The number of rotatable bonds is 6. The van der Waals surface area contributed by atoms with Crippen molar-refractivity contribution in [1.29, 1.82) is 0 Å². The van der Waals surface area contributed by atoms with Gasteiger partial charge in [-0.3, -0.25) is 14.5 Å². The number of allylic oxidation sites excluding steroid dienone is 1. The van der Waals surface area contributed by atoms with Gasteiger partial charge < -0.3 is 5.32 Å². The minimum absolute atomic E-state index is 0.220. The van der Waals surface area contributed by atoms with Crippen molar-refractivity contribution < 1.29 is 9.59 Å². The Kier molecular flexibility index (Phi) is 4.71. The number of anilines is 1. The van der Waals surface area contributed by atoms with E-state index in [4.69, 9.17) is 0 Å². The van der Waals surface area contributed by atoms with Crippen LogP contribution in [-0.2, 0) is 0 Å². The van der Waals surface area contributed by atoms with E-state index < -0.39 is 0 Å². The van der Waals surface area contributed by atoms with E-state index in [9.17, 15) is 9.59 Å². The molecule has 1 aliphatic rings. The van der Waals surface area contributed by atoms with Gasteiger partial charge in [0.25, 0.3) is 11.8 Å². The molecule has 0 saturated heterocycles. The summed E-state index contributed by atoms with van der Waals surface area (Å²) in [6, 6.07) is 14.9. The second kappa shape index (κ2) is 6.93. The molecule has 2 amide bonds. The summed E-state index contributed by atoms with van der Waals surface area (Å²) in [4.78, 5) is 28.0. The Hall–Kier alpha value is -2.53. The fourth-order valence-electron chi connectivity index (χ4n) is 2.63. The minimum atomic E-state index is -0.220. The van der Waals surface area contributed by atoms with E-state index in [1.165, 1.54) is 4.90 Å². The predicted octanol–water partition coefficient (Wildman–Crippen LogP) is 4.02. The highest BCUT2D eigenvalue weighted by Gasteiger charge is 2.34. The zero-order chi connectivity index (χ0) is 17.1. The van der Waals surface area contributed by atoms with E-state index in [1.807, 2.05) is 31.2 Å². The Bertz CT molecular complexity index is 782. The average Bonchev–Trinajstić information content (AvgIpc) is 2.81. The molecule has 4 nitrogen and oxygen atoms in total. The second-order valence-corrected chi connectivity index (χ2v) is 6.88. The summed E-state index contributed by atoms with van der Waals surface area (Å²) in [7, 11) is 0. The normalized spacial score (nSPS) is 13.1. The van der Waals surface area contributed by atoms with Gasteiger partial charge in [-0.05, 0) is 36.1 Å². The molecule has 0 fully saturated rings. The second-order valence-electron chi connectivity index (χ2n) is 5.53.